The molecule has 2 aliphatic heterocycles. The minimum atomic E-state index is -1.21. The lowest BCUT2D eigenvalue weighted by Gasteiger charge is -2.29. The van der Waals surface area contributed by atoms with Crippen LogP contribution in [-0.4, -0.2) is 38.4 Å². The molecule has 2 bridgehead atoms. The van der Waals surface area contributed by atoms with Crippen LogP contribution in [0.5, 0.6) is 17.6 Å². The van der Waals surface area contributed by atoms with Crippen LogP contribution in [0.25, 0.3) is 16.5 Å². The molecule has 1 fully saturated rings. The second kappa shape index (κ2) is 8.90. The summed E-state index contributed by atoms with van der Waals surface area (Å²) in [7, 11) is 0. The standard InChI is InChI=1S/C29H24ClN3O6/c1-16(34)38-22-13-29(11-12-37-23-10-8-18(30)15-32-23)25-24(28(22,2)39-29)26(35)33(27(25)36)21-9-7-17(14-31)19-5-3-4-6-20(19)21/h3-10,15,22,35-36H,11-13H2,1-2H3/t22-,28?,29?/m0/s1. The van der Waals surface area contributed by atoms with Crippen molar-refractivity contribution in [3.05, 3.63) is 76.4 Å². The Kier molecular flexibility index (Phi) is 5.72. The third kappa shape index (κ3) is 3.71. The Labute approximate surface area is 228 Å². The van der Waals surface area contributed by atoms with Gasteiger partial charge in [-0.3, -0.25) is 9.36 Å². The van der Waals surface area contributed by atoms with Gasteiger partial charge >= 0.3 is 5.97 Å². The molecule has 0 spiro atoms. The summed E-state index contributed by atoms with van der Waals surface area (Å²) in [5.74, 6) is -0.511. The molecule has 198 valence electrons. The SMILES string of the molecule is CC(=O)O[C@H]1CC2(CCOc3ccc(Cl)cn3)OC1(C)c1c2c(O)n(-c2ccc(C#N)c3ccccc23)c1O. The van der Waals surface area contributed by atoms with Gasteiger partial charge in [0.05, 0.1) is 40.1 Å². The van der Waals surface area contributed by atoms with E-state index in [2.05, 4.69) is 11.1 Å². The number of rotatable bonds is 6. The second-order valence-corrected chi connectivity index (χ2v) is 10.4. The summed E-state index contributed by atoms with van der Waals surface area (Å²) in [6.45, 7) is 3.24. The van der Waals surface area contributed by atoms with Gasteiger partial charge in [-0.1, -0.05) is 35.9 Å². The van der Waals surface area contributed by atoms with Crippen molar-refractivity contribution in [2.75, 3.05) is 6.61 Å². The number of aromatic nitrogens is 2. The number of ether oxygens (including phenoxy) is 3. The topological polar surface area (TPSA) is 127 Å². The molecule has 0 aliphatic carbocycles. The van der Waals surface area contributed by atoms with Gasteiger partial charge in [0.15, 0.2) is 0 Å². The zero-order valence-corrected chi connectivity index (χ0v) is 21.9. The first-order valence-corrected chi connectivity index (χ1v) is 12.8. The summed E-state index contributed by atoms with van der Waals surface area (Å²) in [4.78, 5) is 16.1. The fourth-order valence-electron chi connectivity index (χ4n) is 6.03. The molecule has 4 aromatic rings. The van der Waals surface area contributed by atoms with Crippen molar-refractivity contribution < 1.29 is 29.2 Å². The molecule has 1 saturated heterocycles. The number of carbonyl (C=O) groups excluding carboxylic acids is 1. The smallest absolute Gasteiger partial charge is 0.303 e. The third-order valence-electron chi connectivity index (χ3n) is 7.64. The van der Waals surface area contributed by atoms with Crippen molar-refractivity contribution >= 4 is 28.3 Å². The number of halogens is 1. The lowest BCUT2D eigenvalue weighted by atomic mass is 9.76. The Morgan fingerprint density at radius 3 is 2.62 bits per heavy atom. The maximum atomic E-state index is 12.0. The number of hydrogen-bond acceptors (Lipinski definition) is 8. The van der Waals surface area contributed by atoms with E-state index in [1.807, 2.05) is 24.3 Å². The van der Waals surface area contributed by atoms with Crippen LogP contribution in [0.4, 0.5) is 0 Å². The molecule has 39 heavy (non-hydrogen) atoms. The van der Waals surface area contributed by atoms with E-state index >= 15 is 0 Å². The van der Waals surface area contributed by atoms with Crippen molar-refractivity contribution in [3.63, 3.8) is 0 Å². The number of hydrogen-bond donors (Lipinski definition) is 2. The fourth-order valence-corrected chi connectivity index (χ4v) is 6.14. The number of pyridine rings is 1. The summed E-state index contributed by atoms with van der Waals surface area (Å²) in [6.07, 6.45) is 1.32. The molecule has 2 aliphatic rings. The van der Waals surface area contributed by atoms with E-state index in [1.165, 1.54) is 17.7 Å². The lowest BCUT2D eigenvalue weighted by molar-refractivity contribution is -0.158. The third-order valence-corrected chi connectivity index (χ3v) is 7.86. The molecule has 2 aromatic heterocycles. The molecule has 3 atom stereocenters. The van der Waals surface area contributed by atoms with Crippen LogP contribution in [0.2, 0.25) is 5.02 Å². The quantitative estimate of drug-likeness (QED) is 0.316. The Hall–Kier alpha value is -4.26. The molecule has 10 heteroatoms. The molecule has 4 heterocycles. The van der Waals surface area contributed by atoms with Crippen molar-refractivity contribution in [1.82, 2.24) is 9.55 Å². The summed E-state index contributed by atoms with van der Waals surface area (Å²) in [5.41, 5.74) is -0.566. The van der Waals surface area contributed by atoms with Gasteiger partial charge in [0.1, 0.15) is 17.3 Å². The first kappa shape index (κ1) is 25.0. The Bertz CT molecular complexity index is 1680. The van der Waals surface area contributed by atoms with Crippen LogP contribution in [-0.2, 0) is 25.5 Å². The molecule has 6 rings (SSSR count). The first-order chi connectivity index (χ1) is 18.7. The summed E-state index contributed by atoms with van der Waals surface area (Å²) >= 11 is 5.92. The highest BCUT2D eigenvalue weighted by molar-refractivity contribution is 6.30. The van der Waals surface area contributed by atoms with Crippen molar-refractivity contribution in [3.8, 4) is 29.4 Å². The van der Waals surface area contributed by atoms with Gasteiger partial charge in [0.25, 0.3) is 0 Å². The maximum absolute atomic E-state index is 12.0. The minimum Gasteiger partial charge on any atom is -0.494 e. The maximum Gasteiger partial charge on any atom is 0.303 e. The largest absolute Gasteiger partial charge is 0.494 e. The Morgan fingerprint density at radius 2 is 1.92 bits per heavy atom. The number of nitriles is 1. The lowest BCUT2D eigenvalue weighted by Crippen LogP contribution is -2.37. The highest BCUT2D eigenvalue weighted by Crippen LogP contribution is 2.66. The molecule has 2 unspecified atom stereocenters. The minimum absolute atomic E-state index is 0.169. The van der Waals surface area contributed by atoms with Gasteiger partial charge in [-0.25, -0.2) is 4.98 Å². The molecule has 0 amide bonds. The summed E-state index contributed by atoms with van der Waals surface area (Å²) in [6, 6.07) is 16.1. The van der Waals surface area contributed by atoms with Gasteiger partial charge < -0.3 is 24.4 Å². The van der Waals surface area contributed by atoms with Crippen LogP contribution in [0.15, 0.2) is 54.7 Å². The van der Waals surface area contributed by atoms with Gasteiger partial charge in [-0.2, -0.15) is 5.26 Å². The van der Waals surface area contributed by atoms with Gasteiger partial charge in [0.2, 0.25) is 17.6 Å². The van der Waals surface area contributed by atoms with E-state index < -0.39 is 23.3 Å². The van der Waals surface area contributed by atoms with Crippen molar-refractivity contribution in [1.29, 1.82) is 5.26 Å². The molecule has 0 saturated carbocycles. The molecular weight excluding hydrogens is 522 g/mol. The van der Waals surface area contributed by atoms with E-state index in [0.29, 0.717) is 44.1 Å². The van der Waals surface area contributed by atoms with Crippen LogP contribution < -0.4 is 4.74 Å². The zero-order chi connectivity index (χ0) is 27.5. The molecule has 0 radical (unpaired) electrons. The molecule has 9 nitrogen and oxygen atoms in total. The molecule has 2 aromatic carbocycles. The number of carbonyl (C=O) groups is 1. The summed E-state index contributed by atoms with van der Waals surface area (Å²) in [5, 5.41) is 34.7. The number of benzene rings is 2. The van der Waals surface area contributed by atoms with E-state index in [9.17, 15) is 20.3 Å². The van der Waals surface area contributed by atoms with Crippen molar-refractivity contribution in [2.45, 2.75) is 44.0 Å². The van der Waals surface area contributed by atoms with E-state index in [1.54, 1.807) is 31.2 Å². The predicted molar refractivity (Wildman–Crippen MR) is 141 cm³/mol. The summed E-state index contributed by atoms with van der Waals surface area (Å²) < 4.78 is 19.4. The van der Waals surface area contributed by atoms with Crippen LogP contribution in [0.1, 0.15) is 43.4 Å². The van der Waals surface area contributed by atoms with E-state index in [0.717, 1.165) is 0 Å². The number of aromatic hydroxyl groups is 2. The Balaban J connectivity index is 1.47. The number of nitrogens with zero attached hydrogens (tertiary/aromatic N) is 3. The Morgan fingerprint density at radius 1 is 1.18 bits per heavy atom. The molecular formula is C29H24ClN3O6. The average molecular weight is 546 g/mol. The highest BCUT2D eigenvalue weighted by atomic mass is 35.5. The fraction of sp³-hybridized carbons (Fsp3) is 0.276. The normalized spacial score (nSPS) is 23.0. The van der Waals surface area contributed by atoms with Gasteiger partial charge in [-0.15, -0.1) is 0 Å². The van der Waals surface area contributed by atoms with Crippen LogP contribution in [0.3, 0.4) is 0 Å². The zero-order valence-electron chi connectivity index (χ0n) is 21.1. The van der Waals surface area contributed by atoms with Crippen molar-refractivity contribution in [2.24, 2.45) is 0 Å². The first-order valence-electron chi connectivity index (χ1n) is 12.4. The second-order valence-electron chi connectivity index (χ2n) is 9.94. The van der Waals surface area contributed by atoms with Gasteiger partial charge in [-0.05, 0) is 25.1 Å². The van der Waals surface area contributed by atoms with Crippen LogP contribution in [0, 0.1) is 11.3 Å². The average Bonchev–Trinajstić information content (AvgIpc) is 3.46. The van der Waals surface area contributed by atoms with E-state index in [-0.39, 0.29) is 31.2 Å². The monoisotopic (exact) mass is 545 g/mol. The number of fused-ring (bicyclic) bond motifs is 6. The highest BCUT2D eigenvalue weighted by Gasteiger charge is 2.67. The predicted octanol–water partition coefficient (Wildman–Crippen LogP) is 5.21. The molecule has 2 N–H and O–H groups in total. The van der Waals surface area contributed by atoms with E-state index in [4.69, 9.17) is 25.8 Å². The van der Waals surface area contributed by atoms with Gasteiger partial charge in [0, 0.05) is 42.8 Å². The van der Waals surface area contributed by atoms with Crippen LogP contribution >= 0.6 is 11.6 Å². The number of esters is 1.